The van der Waals surface area contributed by atoms with Crippen molar-refractivity contribution in [2.24, 2.45) is 0 Å². The molecule has 126 valence electrons. The second-order valence-corrected chi connectivity index (χ2v) is 5.34. The summed E-state index contributed by atoms with van der Waals surface area (Å²) in [5.41, 5.74) is 1.06. The molecule has 2 heterocycles. The summed E-state index contributed by atoms with van der Waals surface area (Å²) >= 11 is 0. The van der Waals surface area contributed by atoms with Crippen molar-refractivity contribution in [3.8, 4) is 5.75 Å². The summed E-state index contributed by atoms with van der Waals surface area (Å²) in [6.07, 6.45) is 3.57. The molecule has 0 saturated carbocycles. The minimum atomic E-state index is -0.192. The number of nitrogens with zero attached hydrogens (tertiary/aromatic N) is 1. The van der Waals surface area contributed by atoms with Gasteiger partial charge in [-0.25, -0.2) is 0 Å². The molecular weight excluding hydrogens is 308 g/mol. The second kappa shape index (κ2) is 7.70. The molecule has 1 N–H and O–H groups in total. The van der Waals surface area contributed by atoms with E-state index in [1.54, 1.807) is 19.4 Å². The number of carbonyl (C=O) groups excluding carboxylic acids is 1. The third kappa shape index (κ3) is 3.78. The molecule has 6 nitrogen and oxygen atoms in total. The topological polar surface area (TPSA) is 65.6 Å². The van der Waals surface area contributed by atoms with Gasteiger partial charge in [0.1, 0.15) is 11.5 Å². The van der Waals surface area contributed by atoms with Crippen molar-refractivity contribution in [1.29, 1.82) is 0 Å². The van der Waals surface area contributed by atoms with Gasteiger partial charge < -0.3 is 23.8 Å². The van der Waals surface area contributed by atoms with Crippen molar-refractivity contribution in [2.75, 3.05) is 20.3 Å². The first-order valence-electron chi connectivity index (χ1n) is 7.76. The number of rotatable bonds is 8. The van der Waals surface area contributed by atoms with Crippen molar-refractivity contribution < 1.29 is 18.7 Å². The fourth-order valence-corrected chi connectivity index (χ4v) is 2.50. The predicted molar refractivity (Wildman–Crippen MR) is 89.9 cm³/mol. The molecular formula is C18H20N2O4. The highest BCUT2D eigenvalue weighted by Crippen LogP contribution is 2.26. The molecule has 0 aliphatic carbocycles. The molecule has 0 aliphatic heterocycles. The Labute approximate surface area is 140 Å². The van der Waals surface area contributed by atoms with Crippen LogP contribution in [0.5, 0.6) is 5.75 Å². The van der Waals surface area contributed by atoms with Gasteiger partial charge in [0.05, 0.1) is 24.9 Å². The number of fused-ring (bicyclic) bond motifs is 1. The molecule has 0 saturated heterocycles. The number of carbonyl (C=O) groups is 1. The summed E-state index contributed by atoms with van der Waals surface area (Å²) in [5.74, 6) is 1.21. The van der Waals surface area contributed by atoms with Crippen molar-refractivity contribution in [3.05, 3.63) is 54.6 Å². The van der Waals surface area contributed by atoms with E-state index in [0.29, 0.717) is 24.7 Å². The summed E-state index contributed by atoms with van der Waals surface area (Å²) < 4.78 is 18.1. The number of nitrogens with one attached hydrogen (secondary N) is 1. The Balaban J connectivity index is 1.60. The van der Waals surface area contributed by atoms with Gasteiger partial charge in [0, 0.05) is 25.2 Å². The Kier molecular flexibility index (Phi) is 5.18. The first-order chi connectivity index (χ1) is 11.8. The summed E-state index contributed by atoms with van der Waals surface area (Å²) in [7, 11) is 1.68. The quantitative estimate of drug-likeness (QED) is 0.690. The highest BCUT2D eigenvalue weighted by atomic mass is 16.5. The molecule has 3 rings (SSSR count). The van der Waals surface area contributed by atoms with E-state index in [9.17, 15) is 4.79 Å². The molecule has 3 aromatic rings. The molecule has 1 aromatic carbocycles. The molecule has 0 spiro atoms. The molecule has 6 heteroatoms. The Morgan fingerprint density at radius 2 is 2.17 bits per heavy atom. The lowest BCUT2D eigenvalue weighted by atomic mass is 10.2. The largest absolute Gasteiger partial charge is 0.483 e. The van der Waals surface area contributed by atoms with Gasteiger partial charge in [-0.05, 0) is 30.3 Å². The van der Waals surface area contributed by atoms with Crippen LogP contribution in [0, 0.1) is 0 Å². The smallest absolute Gasteiger partial charge is 0.258 e. The van der Waals surface area contributed by atoms with E-state index in [-0.39, 0.29) is 12.5 Å². The maximum atomic E-state index is 11.9. The minimum absolute atomic E-state index is 0.0386. The molecule has 1 amide bonds. The number of methoxy groups -OCH3 is 1. The number of hydrogen-bond donors (Lipinski definition) is 1. The Morgan fingerprint density at radius 1 is 1.25 bits per heavy atom. The van der Waals surface area contributed by atoms with Gasteiger partial charge in [-0.1, -0.05) is 6.07 Å². The molecule has 0 radical (unpaired) electrons. The molecule has 24 heavy (non-hydrogen) atoms. The number of benzene rings is 1. The highest BCUT2D eigenvalue weighted by molar-refractivity contribution is 5.87. The fraction of sp³-hybridized carbons (Fsp3) is 0.278. The van der Waals surface area contributed by atoms with Crippen LogP contribution < -0.4 is 10.1 Å². The monoisotopic (exact) mass is 328 g/mol. The Bertz CT molecular complexity index is 793. The number of ether oxygens (including phenoxy) is 2. The SMILES string of the molecule is COCCn1ccc2c(OCC(=O)NCc3ccco3)cccc21. The van der Waals surface area contributed by atoms with Crippen LogP contribution in [0.2, 0.25) is 0 Å². The van der Waals surface area contributed by atoms with E-state index >= 15 is 0 Å². The van der Waals surface area contributed by atoms with Gasteiger partial charge in [0.2, 0.25) is 0 Å². The van der Waals surface area contributed by atoms with Crippen LogP contribution in [0.4, 0.5) is 0 Å². The number of aromatic nitrogens is 1. The molecule has 0 bridgehead atoms. The van der Waals surface area contributed by atoms with Gasteiger partial charge >= 0.3 is 0 Å². The van der Waals surface area contributed by atoms with Crippen LogP contribution in [0.3, 0.4) is 0 Å². The van der Waals surface area contributed by atoms with Gasteiger partial charge in [-0.15, -0.1) is 0 Å². The molecule has 0 fully saturated rings. The zero-order chi connectivity index (χ0) is 16.8. The van der Waals surface area contributed by atoms with Gasteiger partial charge in [-0.3, -0.25) is 4.79 Å². The lowest BCUT2D eigenvalue weighted by Gasteiger charge is -2.09. The number of hydrogen-bond acceptors (Lipinski definition) is 4. The summed E-state index contributed by atoms with van der Waals surface area (Å²) in [6.45, 7) is 1.73. The van der Waals surface area contributed by atoms with E-state index in [1.165, 1.54) is 0 Å². The first-order valence-corrected chi connectivity index (χ1v) is 7.76. The van der Waals surface area contributed by atoms with Gasteiger partial charge in [-0.2, -0.15) is 0 Å². The van der Waals surface area contributed by atoms with Crippen LogP contribution in [0.1, 0.15) is 5.76 Å². The predicted octanol–water partition coefficient (Wildman–Crippen LogP) is 2.58. The Hall–Kier alpha value is -2.73. The van der Waals surface area contributed by atoms with Crippen molar-refractivity contribution >= 4 is 16.8 Å². The maximum absolute atomic E-state index is 11.9. The van der Waals surface area contributed by atoms with Crippen LogP contribution in [-0.4, -0.2) is 30.8 Å². The zero-order valence-corrected chi connectivity index (χ0v) is 13.5. The van der Waals surface area contributed by atoms with E-state index in [4.69, 9.17) is 13.9 Å². The van der Waals surface area contributed by atoms with Gasteiger partial charge in [0.15, 0.2) is 6.61 Å². The van der Waals surface area contributed by atoms with E-state index in [0.717, 1.165) is 17.4 Å². The first kappa shape index (κ1) is 16.1. The van der Waals surface area contributed by atoms with Crippen LogP contribution in [0.25, 0.3) is 10.9 Å². The fourth-order valence-electron chi connectivity index (χ4n) is 2.50. The standard InChI is InChI=1S/C18H20N2O4/c1-22-11-9-20-8-7-15-16(20)5-2-6-17(15)24-13-18(21)19-12-14-4-3-10-23-14/h2-8,10H,9,11-13H2,1H3,(H,19,21). The maximum Gasteiger partial charge on any atom is 0.258 e. The molecule has 0 atom stereocenters. The van der Waals surface area contributed by atoms with E-state index < -0.39 is 0 Å². The molecule has 2 aromatic heterocycles. The number of furan rings is 1. The van der Waals surface area contributed by atoms with E-state index in [2.05, 4.69) is 9.88 Å². The minimum Gasteiger partial charge on any atom is -0.483 e. The Morgan fingerprint density at radius 3 is 2.96 bits per heavy atom. The van der Waals surface area contributed by atoms with E-state index in [1.807, 2.05) is 36.5 Å². The van der Waals surface area contributed by atoms with Crippen molar-refractivity contribution in [2.45, 2.75) is 13.1 Å². The second-order valence-electron chi connectivity index (χ2n) is 5.34. The average molecular weight is 328 g/mol. The van der Waals surface area contributed by atoms with Crippen molar-refractivity contribution in [3.63, 3.8) is 0 Å². The average Bonchev–Trinajstić information content (AvgIpc) is 3.26. The molecule has 0 unspecified atom stereocenters. The van der Waals surface area contributed by atoms with Crippen LogP contribution in [0.15, 0.2) is 53.3 Å². The lowest BCUT2D eigenvalue weighted by Crippen LogP contribution is -2.28. The number of amides is 1. The third-order valence-electron chi connectivity index (χ3n) is 3.71. The summed E-state index contributed by atoms with van der Waals surface area (Å²) in [6, 6.07) is 11.4. The summed E-state index contributed by atoms with van der Waals surface area (Å²) in [4.78, 5) is 11.9. The highest BCUT2D eigenvalue weighted by Gasteiger charge is 2.09. The normalized spacial score (nSPS) is 10.9. The van der Waals surface area contributed by atoms with Gasteiger partial charge in [0.25, 0.3) is 5.91 Å². The lowest BCUT2D eigenvalue weighted by molar-refractivity contribution is -0.123. The zero-order valence-electron chi connectivity index (χ0n) is 13.5. The summed E-state index contributed by atoms with van der Waals surface area (Å²) in [5, 5.41) is 3.74. The van der Waals surface area contributed by atoms with Crippen LogP contribution in [-0.2, 0) is 22.6 Å². The van der Waals surface area contributed by atoms with Crippen molar-refractivity contribution in [1.82, 2.24) is 9.88 Å². The molecule has 0 aliphatic rings. The third-order valence-corrected chi connectivity index (χ3v) is 3.71. The van der Waals surface area contributed by atoms with Crippen LogP contribution >= 0.6 is 0 Å².